The largest absolute Gasteiger partial charge is 0.478 e. The fraction of sp³-hybridized carbons (Fsp3) is 0.528. The van der Waals surface area contributed by atoms with Crippen molar-refractivity contribution in [3.8, 4) is 11.3 Å². The van der Waals surface area contributed by atoms with Crippen molar-refractivity contribution in [1.29, 1.82) is 0 Å². The van der Waals surface area contributed by atoms with E-state index in [9.17, 15) is 14.7 Å². The van der Waals surface area contributed by atoms with E-state index in [0.717, 1.165) is 61.0 Å². The van der Waals surface area contributed by atoms with Crippen LogP contribution < -0.4 is 5.32 Å². The molecule has 1 atom stereocenters. The Morgan fingerprint density at radius 2 is 1.60 bits per heavy atom. The van der Waals surface area contributed by atoms with Gasteiger partial charge in [0, 0.05) is 35.1 Å². The molecule has 2 aromatic carbocycles. The highest BCUT2D eigenvalue weighted by atomic mass is 16.4. The highest BCUT2D eigenvalue weighted by molar-refractivity contribution is 6.10. The fourth-order valence-electron chi connectivity index (χ4n) is 7.67. The van der Waals surface area contributed by atoms with E-state index < -0.39 is 5.97 Å². The van der Waals surface area contributed by atoms with Gasteiger partial charge in [0.1, 0.15) is 0 Å². The van der Waals surface area contributed by atoms with Gasteiger partial charge in [0.25, 0.3) is 5.91 Å². The second kappa shape index (κ2) is 13.6. The Balaban J connectivity index is 1.38. The van der Waals surface area contributed by atoms with Crippen molar-refractivity contribution < 1.29 is 14.7 Å². The van der Waals surface area contributed by atoms with Gasteiger partial charge in [-0.25, -0.2) is 9.78 Å². The number of pyridine rings is 1. The maximum Gasteiger partial charge on any atom is 0.335 e. The molecule has 3 heterocycles. The number of carbonyl (C=O) groups excluding carboxylic acids is 1. The molecule has 3 aliphatic rings. The van der Waals surface area contributed by atoms with Crippen LogP contribution in [-0.2, 0) is 6.54 Å². The van der Waals surface area contributed by atoms with E-state index in [1.54, 1.807) is 18.2 Å². The lowest BCUT2D eigenvalue weighted by Crippen LogP contribution is -2.46. The minimum atomic E-state index is -0.998. The van der Waals surface area contributed by atoms with Crippen molar-refractivity contribution >= 4 is 22.8 Å². The monoisotopic (exact) mass is 582 g/mol. The number of hydrogen-bond donors (Lipinski definition) is 2. The first-order chi connectivity index (χ1) is 21.0. The number of carboxylic acid groups (broad SMARTS) is 1. The van der Waals surface area contributed by atoms with Gasteiger partial charge in [0.2, 0.25) is 0 Å². The molecule has 3 aromatic rings. The third kappa shape index (κ3) is 6.78. The lowest BCUT2D eigenvalue weighted by molar-refractivity contribution is 0.0696. The first-order valence-corrected chi connectivity index (χ1v) is 16.5. The number of piperidine rings is 2. The van der Waals surface area contributed by atoms with Crippen LogP contribution in [0.1, 0.15) is 97.4 Å². The number of carboxylic acids is 1. The van der Waals surface area contributed by atoms with Gasteiger partial charge < -0.3 is 15.3 Å². The molecule has 6 rings (SSSR count). The molecule has 2 aliphatic heterocycles. The Bertz CT molecular complexity index is 1420. The molecule has 0 unspecified atom stereocenters. The van der Waals surface area contributed by atoms with E-state index in [4.69, 9.17) is 4.98 Å². The number of rotatable bonds is 8. The van der Waals surface area contributed by atoms with Crippen LogP contribution in [0.3, 0.4) is 0 Å². The van der Waals surface area contributed by atoms with E-state index >= 15 is 0 Å². The predicted octanol–water partition coefficient (Wildman–Crippen LogP) is 6.75. The Labute approximate surface area is 255 Å². The zero-order valence-electron chi connectivity index (χ0n) is 25.6. The standard InChI is InChI=1S/C36H46N4O3/c1-25(26-11-5-2-6-12-26)37-35(41)33-30-16-15-28(36(42)43)23-32(30)38-34(27-13-7-3-8-14-27)31(33)24-39-21-17-29(18-22-39)40-19-9-4-10-20-40/h3,7-8,13-16,23,25-26,29H,2,4-6,9-12,17-22,24H2,1H3,(H,37,41)(H,42,43)/t25-/m0/s1. The lowest BCUT2D eigenvalue weighted by Gasteiger charge is -2.40. The lowest BCUT2D eigenvalue weighted by atomic mass is 9.84. The van der Waals surface area contributed by atoms with Gasteiger partial charge in [-0.1, -0.05) is 62.1 Å². The normalized spacial score (nSPS) is 20.2. The van der Waals surface area contributed by atoms with Crippen LogP contribution >= 0.6 is 0 Å². The summed E-state index contributed by atoms with van der Waals surface area (Å²) < 4.78 is 0. The molecule has 43 heavy (non-hydrogen) atoms. The van der Waals surface area contributed by atoms with Crippen LogP contribution in [0.15, 0.2) is 48.5 Å². The zero-order chi connectivity index (χ0) is 29.8. The Morgan fingerprint density at radius 3 is 2.30 bits per heavy atom. The molecular weight excluding hydrogens is 536 g/mol. The van der Waals surface area contributed by atoms with Gasteiger partial charge in [-0.05, 0) is 89.7 Å². The Hall–Kier alpha value is -3.29. The number of aromatic nitrogens is 1. The average Bonchev–Trinajstić information content (AvgIpc) is 3.05. The highest BCUT2D eigenvalue weighted by Gasteiger charge is 2.30. The zero-order valence-corrected chi connectivity index (χ0v) is 25.6. The summed E-state index contributed by atoms with van der Waals surface area (Å²) in [7, 11) is 0. The molecule has 0 radical (unpaired) electrons. The van der Waals surface area contributed by atoms with Gasteiger partial charge in [-0.2, -0.15) is 0 Å². The second-order valence-electron chi connectivity index (χ2n) is 13.0. The molecule has 0 spiro atoms. The first-order valence-electron chi connectivity index (χ1n) is 16.5. The molecule has 1 saturated carbocycles. The number of amides is 1. The SMILES string of the molecule is C[C@H](NC(=O)c1c(CN2CCC(N3CCCCC3)CC2)c(-c2ccccc2)nc2cc(C(=O)O)ccc12)C1CCCCC1. The third-order valence-corrected chi connectivity index (χ3v) is 10.2. The number of carbonyl (C=O) groups is 2. The van der Waals surface area contributed by atoms with E-state index in [1.807, 2.05) is 30.3 Å². The van der Waals surface area contributed by atoms with Gasteiger partial charge in [0.15, 0.2) is 0 Å². The summed E-state index contributed by atoms with van der Waals surface area (Å²) in [6.07, 6.45) is 12.3. The van der Waals surface area contributed by atoms with Crippen molar-refractivity contribution in [3.63, 3.8) is 0 Å². The van der Waals surface area contributed by atoms with Crippen LogP contribution in [-0.4, -0.2) is 70.0 Å². The van der Waals surface area contributed by atoms with Crippen molar-refractivity contribution in [1.82, 2.24) is 20.1 Å². The molecular formula is C36H46N4O3. The molecule has 1 aliphatic carbocycles. The fourth-order valence-corrected chi connectivity index (χ4v) is 7.67. The van der Waals surface area contributed by atoms with Gasteiger partial charge in [-0.3, -0.25) is 9.69 Å². The first kappa shape index (κ1) is 29.8. The molecule has 3 fully saturated rings. The molecule has 0 bridgehead atoms. The van der Waals surface area contributed by atoms with Crippen molar-refractivity contribution in [2.45, 2.75) is 89.8 Å². The van der Waals surface area contributed by atoms with Crippen LogP contribution in [0.4, 0.5) is 0 Å². The summed E-state index contributed by atoms with van der Waals surface area (Å²) in [4.78, 5) is 36.5. The molecule has 2 N–H and O–H groups in total. The minimum Gasteiger partial charge on any atom is -0.478 e. The molecule has 228 valence electrons. The number of hydrogen-bond acceptors (Lipinski definition) is 5. The number of benzene rings is 2. The molecule has 1 aromatic heterocycles. The minimum absolute atomic E-state index is 0.0719. The summed E-state index contributed by atoms with van der Waals surface area (Å²) >= 11 is 0. The smallest absolute Gasteiger partial charge is 0.335 e. The predicted molar refractivity (Wildman–Crippen MR) is 171 cm³/mol. The van der Waals surface area contributed by atoms with E-state index in [1.165, 1.54) is 51.6 Å². The topological polar surface area (TPSA) is 85.8 Å². The number of fused-ring (bicyclic) bond motifs is 1. The number of likely N-dealkylation sites (tertiary alicyclic amines) is 2. The summed E-state index contributed by atoms with van der Waals surface area (Å²) in [5.41, 5.74) is 4.00. The van der Waals surface area contributed by atoms with Crippen LogP contribution in [0, 0.1) is 5.92 Å². The number of nitrogens with one attached hydrogen (secondary N) is 1. The van der Waals surface area contributed by atoms with Gasteiger partial charge in [-0.15, -0.1) is 0 Å². The molecule has 2 saturated heterocycles. The number of nitrogens with zero attached hydrogens (tertiary/aromatic N) is 3. The van der Waals surface area contributed by atoms with Crippen LogP contribution in [0.5, 0.6) is 0 Å². The van der Waals surface area contributed by atoms with E-state index in [2.05, 4.69) is 22.0 Å². The van der Waals surface area contributed by atoms with E-state index in [0.29, 0.717) is 29.6 Å². The second-order valence-corrected chi connectivity index (χ2v) is 13.0. The van der Waals surface area contributed by atoms with Crippen molar-refractivity contribution in [3.05, 3.63) is 65.2 Å². The molecule has 1 amide bonds. The van der Waals surface area contributed by atoms with Crippen molar-refractivity contribution in [2.24, 2.45) is 5.92 Å². The average molecular weight is 583 g/mol. The number of aromatic carboxylic acids is 1. The maximum atomic E-state index is 14.4. The summed E-state index contributed by atoms with van der Waals surface area (Å²) in [6, 6.07) is 15.8. The summed E-state index contributed by atoms with van der Waals surface area (Å²) in [5, 5.41) is 13.9. The quantitative estimate of drug-likeness (QED) is 0.306. The maximum absolute atomic E-state index is 14.4. The highest BCUT2D eigenvalue weighted by Crippen LogP contribution is 2.34. The van der Waals surface area contributed by atoms with Crippen molar-refractivity contribution in [2.75, 3.05) is 26.2 Å². The Morgan fingerprint density at radius 1 is 0.907 bits per heavy atom. The molecule has 7 nitrogen and oxygen atoms in total. The van der Waals surface area contributed by atoms with Gasteiger partial charge >= 0.3 is 5.97 Å². The molecule has 7 heteroatoms. The van der Waals surface area contributed by atoms with Crippen LogP contribution in [0.25, 0.3) is 22.2 Å². The third-order valence-electron chi connectivity index (χ3n) is 10.2. The summed E-state index contributed by atoms with van der Waals surface area (Å²) in [6.45, 7) is 7.21. The Kier molecular flexibility index (Phi) is 9.39. The van der Waals surface area contributed by atoms with E-state index in [-0.39, 0.29) is 17.5 Å². The summed E-state index contributed by atoms with van der Waals surface area (Å²) in [5.74, 6) is -0.596. The van der Waals surface area contributed by atoms with Crippen LogP contribution in [0.2, 0.25) is 0 Å². The van der Waals surface area contributed by atoms with Gasteiger partial charge in [0.05, 0.1) is 22.3 Å².